The number of amides is 2. The molecule has 1 aromatic carbocycles. The number of unbranched alkanes of at least 4 members (excludes halogenated alkanes) is 1. The molecule has 0 spiro atoms. The number of anilines is 1. The molecule has 0 aliphatic rings. The molecule has 2 aromatic heterocycles. The molecule has 2 heterocycles. The number of benzene rings is 1. The van der Waals surface area contributed by atoms with Crippen molar-refractivity contribution in [3.8, 4) is 0 Å². The summed E-state index contributed by atoms with van der Waals surface area (Å²) in [4.78, 5) is 27.7. The number of hydrogen-bond acceptors (Lipinski definition) is 4. The van der Waals surface area contributed by atoms with E-state index in [1.54, 1.807) is 23.1 Å². The average molecular weight is 439 g/mol. The quantitative estimate of drug-likeness (QED) is 0.456. The van der Waals surface area contributed by atoms with E-state index in [1.165, 1.54) is 0 Å². The van der Waals surface area contributed by atoms with E-state index < -0.39 is 0 Å². The highest BCUT2D eigenvalue weighted by atomic mass is 16.3. The van der Waals surface area contributed by atoms with Gasteiger partial charge in [-0.1, -0.05) is 45.4 Å². The van der Waals surface area contributed by atoms with Crippen LogP contribution >= 0.6 is 0 Å². The summed E-state index contributed by atoms with van der Waals surface area (Å²) < 4.78 is 7.15. The average Bonchev–Trinajstić information content (AvgIpc) is 3.28. The number of nitrogens with one attached hydrogen (secondary N) is 2. The highest BCUT2D eigenvalue weighted by molar-refractivity contribution is 6.00. The van der Waals surface area contributed by atoms with Crippen molar-refractivity contribution in [1.29, 1.82) is 0 Å². The van der Waals surface area contributed by atoms with Crippen LogP contribution in [0.15, 0.2) is 58.1 Å². The fourth-order valence-corrected chi connectivity index (χ4v) is 3.74. The molecule has 0 bridgehead atoms. The van der Waals surface area contributed by atoms with Crippen LogP contribution in [0.25, 0.3) is 10.8 Å². The molecule has 3 aromatic rings. The molecule has 0 atom stereocenters. The molecule has 0 saturated heterocycles. The Bertz CT molecular complexity index is 1060. The molecule has 7 heteroatoms. The van der Waals surface area contributed by atoms with Gasteiger partial charge in [-0.25, -0.2) is 4.79 Å². The zero-order valence-corrected chi connectivity index (χ0v) is 19.3. The standard InChI is InChI=1S/C25H34N4O3/c1-4-5-13-28(17-20-9-8-15-32-20)14-12-26-25(31)27-23-18-29(16-19(2)3)24(30)22-11-7-6-10-21(22)23/h6-11,15,18-19H,4-5,12-14,16-17H2,1-3H3,(H2,26,27,31). The van der Waals surface area contributed by atoms with Gasteiger partial charge in [0.25, 0.3) is 5.56 Å². The molecular weight excluding hydrogens is 404 g/mol. The predicted octanol–water partition coefficient (Wildman–Crippen LogP) is 4.67. The molecule has 2 amide bonds. The number of urea groups is 1. The lowest BCUT2D eigenvalue weighted by atomic mass is 10.1. The van der Waals surface area contributed by atoms with Crippen LogP contribution in [-0.4, -0.2) is 35.1 Å². The second-order valence-electron chi connectivity index (χ2n) is 8.53. The monoisotopic (exact) mass is 438 g/mol. The maximum atomic E-state index is 12.8. The number of hydrogen-bond donors (Lipinski definition) is 2. The van der Waals surface area contributed by atoms with E-state index in [1.807, 2.05) is 30.3 Å². The van der Waals surface area contributed by atoms with Crippen molar-refractivity contribution in [2.24, 2.45) is 5.92 Å². The summed E-state index contributed by atoms with van der Waals surface area (Å²) >= 11 is 0. The van der Waals surface area contributed by atoms with E-state index in [9.17, 15) is 9.59 Å². The van der Waals surface area contributed by atoms with Gasteiger partial charge in [0.2, 0.25) is 0 Å². The van der Waals surface area contributed by atoms with E-state index in [0.29, 0.717) is 30.1 Å². The number of aromatic nitrogens is 1. The van der Waals surface area contributed by atoms with Crippen molar-refractivity contribution < 1.29 is 9.21 Å². The van der Waals surface area contributed by atoms with Crippen molar-refractivity contribution in [3.05, 3.63) is 65.0 Å². The molecule has 2 N–H and O–H groups in total. The first-order chi connectivity index (χ1) is 15.5. The number of nitrogens with zero attached hydrogens (tertiary/aromatic N) is 2. The zero-order chi connectivity index (χ0) is 22.9. The van der Waals surface area contributed by atoms with Gasteiger partial charge in [0.1, 0.15) is 5.76 Å². The summed E-state index contributed by atoms with van der Waals surface area (Å²) in [6.07, 6.45) is 5.63. The SMILES string of the molecule is CCCCN(CCNC(=O)Nc1cn(CC(C)C)c(=O)c2ccccc12)Cc1ccco1. The Balaban J connectivity index is 1.64. The van der Waals surface area contributed by atoms with E-state index in [4.69, 9.17) is 4.42 Å². The van der Waals surface area contributed by atoms with Gasteiger partial charge in [0.15, 0.2) is 0 Å². The fourth-order valence-electron chi connectivity index (χ4n) is 3.74. The first-order valence-corrected chi connectivity index (χ1v) is 11.4. The van der Waals surface area contributed by atoms with Crippen molar-refractivity contribution in [1.82, 2.24) is 14.8 Å². The Hall–Kier alpha value is -3.06. The second kappa shape index (κ2) is 11.5. The molecule has 0 aliphatic carbocycles. The Morgan fingerprint density at radius 3 is 2.59 bits per heavy atom. The molecule has 32 heavy (non-hydrogen) atoms. The van der Waals surface area contributed by atoms with E-state index in [0.717, 1.165) is 43.6 Å². The number of carbonyl (C=O) groups excluding carboxylic acids is 1. The first kappa shape index (κ1) is 23.6. The molecule has 172 valence electrons. The van der Waals surface area contributed by atoms with Crippen LogP contribution in [0.3, 0.4) is 0 Å². The van der Waals surface area contributed by atoms with E-state index in [-0.39, 0.29) is 11.6 Å². The summed E-state index contributed by atoms with van der Waals surface area (Å²) in [5.74, 6) is 1.24. The number of carbonyl (C=O) groups is 1. The van der Waals surface area contributed by atoms with Crippen molar-refractivity contribution >= 4 is 22.5 Å². The minimum absolute atomic E-state index is 0.0373. The Kier molecular flexibility index (Phi) is 8.50. The van der Waals surface area contributed by atoms with Crippen LogP contribution in [0, 0.1) is 5.92 Å². The number of rotatable bonds is 11. The van der Waals surface area contributed by atoms with Crippen LogP contribution in [0.2, 0.25) is 0 Å². The second-order valence-corrected chi connectivity index (χ2v) is 8.53. The third kappa shape index (κ3) is 6.47. The lowest BCUT2D eigenvalue weighted by Gasteiger charge is -2.21. The zero-order valence-electron chi connectivity index (χ0n) is 19.3. The van der Waals surface area contributed by atoms with Crippen molar-refractivity contribution in [3.63, 3.8) is 0 Å². The fraction of sp³-hybridized carbons (Fsp3) is 0.440. The van der Waals surface area contributed by atoms with Gasteiger partial charge in [-0.2, -0.15) is 0 Å². The maximum absolute atomic E-state index is 12.8. The van der Waals surface area contributed by atoms with Crippen molar-refractivity contribution in [2.45, 2.75) is 46.7 Å². The van der Waals surface area contributed by atoms with E-state index in [2.05, 4.69) is 36.3 Å². The third-order valence-corrected chi connectivity index (χ3v) is 5.30. The first-order valence-electron chi connectivity index (χ1n) is 11.4. The molecule has 0 aliphatic heterocycles. The van der Waals surface area contributed by atoms with Crippen LogP contribution in [-0.2, 0) is 13.1 Å². The topological polar surface area (TPSA) is 79.5 Å². The molecule has 0 radical (unpaired) electrons. The van der Waals surface area contributed by atoms with Gasteiger partial charge in [0, 0.05) is 36.6 Å². The lowest BCUT2D eigenvalue weighted by molar-refractivity contribution is 0.232. The summed E-state index contributed by atoms with van der Waals surface area (Å²) in [6, 6.07) is 11.0. The van der Waals surface area contributed by atoms with Crippen molar-refractivity contribution in [2.75, 3.05) is 25.0 Å². The highest BCUT2D eigenvalue weighted by Gasteiger charge is 2.13. The van der Waals surface area contributed by atoms with Gasteiger partial charge < -0.3 is 19.6 Å². The van der Waals surface area contributed by atoms with E-state index >= 15 is 0 Å². The smallest absolute Gasteiger partial charge is 0.319 e. The minimum Gasteiger partial charge on any atom is -0.468 e. The maximum Gasteiger partial charge on any atom is 0.319 e. The normalized spacial score (nSPS) is 11.4. The number of furan rings is 1. The number of pyridine rings is 1. The highest BCUT2D eigenvalue weighted by Crippen LogP contribution is 2.20. The van der Waals surface area contributed by atoms with Gasteiger partial charge in [0.05, 0.1) is 18.5 Å². The largest absolute Gasteiger partial charge is 0.468 e. The molecular formula is C25H34N4O3. The van der Waals surface area contributed by atoms with Gasteiger partial charge >= 0.3 is 6.03 Å². The van der Waals surface area contributed by atoms with Gasteiger partial charge in [-0.3, -0.25) is 9.69 Å². The van der Waals surface area contributed by atoms with Gasteiger partial charge in [-0.15, -0.1) is 0 Å². The van der Waals surface area contributed by atoms with Crippen LogP contribution in [0.4, 0.5) is 10.5 Å². The molecule has 7 nitrogen and oxygen atoms in total. The minimum atomic E-state index is -0.279. The molecule has 3 rings (SSSR count). The predicted molar refractivity (Wildman–Crippen MR) is 129 cm³/mol. The Morgan fingerprint density at radius 2 is 1.91 bits per heavy atom. The Morgan fingerprint density at radius 1 is 1.12 bits per heavy atom. The van der Waals surface area contributed by atoms with Crippen LogP contribution < -0.4 is 16.2 Å². The molecule has 0 saturated carbocycles. The molecule has 0 fully saturated rings. The summed E-state index contributed by atoms with van der Waals surface area (Å²) in [6.45, 7) is 9.80. The van der Waals surface area contributed by atoms with Gasteiger partial charge in [-0.05, 0) is 37.1 Å². The summed E-state index contributed by atoms with van der Waals surface area (Å²) in [7, 11) is 0. The summed E-state index contributed by atoms with van der Waals surface area (Å²) in [5, 5.41) is 7.24. The lowest BCUT2D eigenvalue weighted by Crippen LogP contribution is -2.37. The Labute approximate surface area is 189 Å². The number of fused-ring (bicyclic) bond motifs is 1. The molecule has 0 unspecified atom stereocenters. The van der Waals surface area contributed by atoms with Crippen LogP contribution in [0.1, 0.15) is 39.4 Å². The third-order valence-electron chi connectivity index (χ3n) is 5.30. The van der Waals surface area contributed by atoms with Crippen LogP contribution in [0.5, 0.6) is 0 Å². The summed E-state index contributed by atoms with van der Waals surface area (Å²) in [5.41, 5.74) is 0.599.